The van der Waals surface area contributed by atoms with Crippen molar-refractivity contribution in [2.24, 2.45) is 51.2 Å². The predicted molar refractivity (Wildman–Crippen MR) is 397 cm³/mol. The topological polar surface area (TPSA) is 649 Å². The highest BCUT2D eigenvalue weighted by molar-refractivity contribution is 6.00. The van der Waals surface area contributed by atoms with Gasteiger partial charge in [0.1, 0.15) is 72.2 Å². The van der Waals surface area contributed by atoms with Gasteiger partial charge in [-0.25, -0.2) is 14.8 Å². The molecule has 0 saturated carbocycles. The van der Waals surface area contributed by atoms with Gasteiger partial charge in [0.2, 0.25) is 76.8 Å². The van der Waals surface area contributed by atoms with E-state index in [-0.39, 0.29) is 108 Å². The van der Waals surface area contributed by atoms with Crippen LogP contribution in [0.1, 0.15) is 127 Å². The largest absolute Gasteiger partial charge is 0.508 e. The van der Waals surface area contributed by atoms with Crippen LogP contribution in [-0.4, -0.2) is 228 Å². The number of aromatic nitrogens is 4. The minimum Gasteiger partial charge on any atom is -0.508 e. The predicted octanol–water partition coefficient (Wildman–Crippen LogP) is -5.23. The van der Waals surface area contributed by atoms with Crippen LogP contribution in [0.5, 0.6) is 5.75 Å². The molecule has 1 fully saturated rings. The molecule has 1 saturated heterocycles. The molecule has 39 heteroatoms. The molecule has 0 bridgehead atoms. The van der Waals surface area contributed by atoms with Crippen LogP contribution >= 0.6 is 0 Å². The van der Waals surface area contributed by atoms with E-state index in [4.69, 9.17) is 34.4 Å². The Morgan fingerprint density at radius 2 is 1.05 bits per heavy atom. The first-order valence-corrected chi connectivity index (χ1v) is 36.3. The molecule has 0 unspecified atom stereocenters. The van der Waals surface area contributed by atoms with E-state index in [1.165, 1.54) is 54.2 Å². The first-order valence-electron chi connectivity index (χ1n) is 36.3. The monoisotopic (exact) mass is 1540 g/mol. The summed E-state index contributed by atoms with van der Waals surface area (Å²) in [4.78, 5) is 213. The highest BCUT2D eigenvalue weighted by atomic mass is 16.4. The number of aliphatic carboxylic acids is 1. The van der Waals surface area contributed by atoms with E-state index >= 15 is 0 Å². The van der Waals surface area contributed by atoms with E-state index in [1.807, 2.05) is 0 Å². The van der Waals surface area contributed by atoms with Gasteiger partial charge in [0.25, 0.3) is 0 Å². The number of likely N-dealkylation sites (tertiary alicyclic amines) is 1. The molecule has 2 aromatic carbocycles. The molecular formula is C71H106N22O17. The average molecular weight is 1540 g/mol. The number of primary amides is 2. The molecule has 0 spiro atoms. The van der Waals surface area contributed by atoms with Crippen molar-refractivity contribution in [1.82, 2.24) is 78.0 Å². The minimum atomic E-state index is -1.84. The Bertz CT molecular complexity index is 3750. The molecule has 13 atom stereocenters. The van der Waals surface area contributed by atoms with Gasteiger partial charge in [0.05, 0.1) is 31.7 Å². The molecule has 4 aromatic rings. The molecule has 0 aliphatic carbocycles. The number of imidazole rings is 2. The lowest BCUT2D eigenvalue weighted by Crippen LogP contribution is -2.62. The molecule has 2 aromatic heterocycles. The van der Waals surface area contributed by atoms with E-state index in [0.717, 1.165) is 0 Å². The van der Waals surface area contributed by atoms with Crippen molar-refractivity contribution < 1.29 is 82.4 Å². The van der Waals surface area contributed by atoms with Crippen LogP contribution < -0.4 is 87.6 Å². The van der Waals surface area contributed by atoms with E-state index in [1.54, 1.807) is 58.0 Å². The number of benzene rings is 2. The van der Waals surface area contributed by atoms with Gasteiger partial charge >= 0.3 is 5.97 Å². The first-order chi connectivity index (χ1) is 52.3. The number of carbonyl (C=O) groups excluding carboxylic acids is 13. The number of nitrogens with zero attached hydrogens (tertiary/aromatic N) is 4. The summed E-state index contributed by atoms with van der Waals surface area (Å²) < 4.78 is 0. The quantitative estimate of drug-likeness (QED) is 0.0112. The molecule has 5 rings (SSSR count). The van der Waals surface area contributed by atoms with Crippen molar-refractivity contribution in [1.29, 1.82) is 0 Å². The number of amides is 13. The van der Waals surface area contributed by atoms with E-state index in [0.29, 0.717) is 35.4 Å². The molecule has 39 nitrogen and oxygen atoms in total. The molecule has 110 heavy (non-hydrogen) atoms. The number of nitrogens with two attached hydrogens (primary N) is 6. The highest BCUT2D eigenvalue weighted by Gasteiger charge is 2.41. The summed E-state index contributed by atoms with van der Waals surface area (Å²) in [5.41, 5.74) is 35.6. The van der Waals surface area contributed by atoms with Crippen LogP contribution in [0.3, 0.4) is 0 Å². The van der Waals surface area contributed by atoms with Gasteiger partial charge < -0.3 is 118 Å². The fourth-order valence-electron chi connectivity index (χ4n) is 12.0. The average Bonchev–Trinajstić information content (AvgIpc) is 1.50. The molecule has 602 valence electrons. The van der Waals surface area contributed by atoms with Gasteiger partial charge in [0.15, 0.2) is 5.96 Å². The van der Waals surface area contributed by atoms with Crippen LogP contribution in [-0.2, 0) is 92.8 Å². The molecular weight excluding hydrogens is 1430 g/mol. The van der Waals surface area contributed by atoms with Gasteiger partial charge in [-0.15, -0.1) is 0 Å². The van der Waals surface area contributed by atoms with E-state index in [9.17, 15) is 82.4 Å². The van der Waals surface area contributed by atoms with Crippen LogP contribution in [0.4, 0.5) is 0 Å². The smallest absolute Gasteiger partial charge is 0.326 e. The zero-order valence-corrected chi connectivity index (χ0v) is 62.0. The number of nitrogens with one attached hydrogen (secondary N) is 12. The number of carbonyl (C=O) groups is 14. The van der Waals surface area contributed by atoms with E-state index in [2.05, 4.69) is 78.1 Å². The number of aromatic amines is 2. The third-order valence-electron chi connectivity index (χ3n) is 18.1. The van der Waals surface area contributed by atoms with Gasteiger partial charge in [-0.2, -0.15) is 0 Å². The summed E-state index contributed by atoms with van der Waals surface area (Å²) >= 11 is 0. The standard InChI is InChI=1S/C71H106N22O17/c1-5-39(4)58(68(107)90-49(27-38(2)3)61(100)88-52(31-43-34-79-37-82-43)63(102)84-47(22-23-56(74)96)60(99)85-48(70(109)110)16-11-25-80-71(76)77)92-65(104)51(29-41-18-20-44(95)21-19-41)86-59(98)46(15-9-10-24-72)83-66(105)54(35-94)91-62(101)50(28-40-13-7-6-8-14-40)87-64(103)53(32-57(75)97)89-67(106)55-17-12-26-93(55)69(108)45(73)30-42-33-78-36-81-42/h6-8,13-14,18-21,33-34,36-39,45-55,58,94-95H,5,9-12,15-17,22-32,35,72-73H2,1-4H3,(H2,74,96)(H2,75,97)(H,78,81)(H,79,82)(H,83,105)(H,84,102)(H,85,99)(H,86,98)(H,87,103)(H,88,100)(H,89,106)(H,90,107)(H,91,101)(H,92,104)(H,109,110)(H4,76,77,80)/t39-,45-,46-,47-,48-,49-,50-,51-,52-,53-,54-,55-,58-/m0/s1. The Morgan fingerprint density at radius 1 is 0.564 bits per heavy atom. The maximum Gasteiger partial charge on any atom is 0.326 e. The Labute approximate surface area is 635 Å². The van der Waals surface area contributed by atoms with Gasteiger partial charge in [-0.05, 0) is 99.4 Å². The summed E-state index contributed by atoms with van der Waals surface area (Å²) in [7, 11) is 0. The Hall–Kier alpha value is -11.6. The van der Waals surface area contributed by atoms with Crippen LogP contribution in [0, 0.1) is 11.8 Å². The second-order valence-corrected chi connectivity index (χ2v) is 27.4. The number of aliphatic hydroxyl groups is 1. The first kappa shape index (κ1) is 89.0. The second kappa shape index (κ2) is 45.3. The number of carboxylic acids is 1. The number of phenolic OH excluding ortho intramolecular Hbond substituents is 1. The zero-order valence-electron chi connectivity index (χ0n) is 62.0. The second-order valence-electron chi connectivity index (χ2n) is 27.4. The lowest BCUT2D eigenvalue weighted by atomic mass is 9.95. The molecule has 27 N–H and O–H groups in total. The van der Waals surface area contributed by atoms with Gasteiger partial charge in [-0.1, -0.05) is 76.6 Å². The van der Waals surface area contributed by atoms with Crippen LogP contribution in [0.25, 0.3) is 0 Å². The number of carboxylic acid groups (broad SMARTS) is 1. The molecule has 3 heterocycles. The summed E-state index contributed by atoms with van der Waals surface area (Å²) in [6.45, 7) is 6.09. The Kier molecular flexibility index (Phi) is 36.6. The minimum absolute atomic E-state index is 0.0302. The van der Waals surface area contributed by atoms with Gasteiger partial charge in [0, 0.05) is 69.0 Å². The van der Waals surface area contributed by atoms with Crippen molar-refractivity contribution >= 4 is 88.7 Å². The fraction of sp³-hybridized carbons (Fsp3) is 0.535. The van der Waals surface area contributed by atoms with E-state index < -0.39 is 187 Å². The SMILES string of the molecule is CC[C@H](C)[C@H](NC(=O)[C@H](Cc1ccc(O)cc1)NC(=O)[C@H](CCCCN)NC(=O)[C@H](CO)NC(=O)[C@H](Cc1ccccc1)NC(=O)[C@H](CC(N)=O)NC(=O)[C@@H]1CCCN1C(=O)[C@@H](N)Cc1cnc[nH]1)C(=O)N[C@@H](CC(C)C)C(=O)N[C@@H](Cc1cnc[nH]1)C(=O)N[C@@H](CCC(N)=O)C(=O)N[C@@H](CCCN=C(N)N)C(=O)O. The summed E-state index contributed by atoms with van der Waals surface area (Å²) in [6.07, 6.45) is 4.35. The number of H-pyrrole nitrogens is 2. The highest BCUT2D eigenvalue weighted by Crippen LogP contribution is 2.21. The fourth-order valence-corrected chi connectivity index (χ4v) is 12.0. The third kappa shape index (κ3) is 29.9. The van der Waals surface area contributed by atoms with Crippen molar-refractivity contribution in [2.45, 2.75) is 203 Å². The van der Waals surface area contributed by atoms with Gasteiger partial charge in [-0.3, -0.25) is 67.3 Å². The normalized spacial score (nSPS) is 15.8. The molecule has 1 aliphatic heterocycles. The number of guanidine groups is 1. The van der Waals surface area contributed by atoms with Crippen molar-refractivity contribution in [3.8, 4) is 5.75 Å². The number of aliphatic imine (C=N–C) groups is 1. The summed E-state index contributed by atoms with van der Waals surface area (Å²) in [5, 5.41) is 56.6. The lowest BCUT2D eigenvalue weighted by molar-refractivity contribution is -0.142. The number of hydrogen-bond donors (Lipinski definition) is 21. The van der Waals surface area contributed by atoms with Crippen molar-refractivity contribution in [3.05, 3.63) is 102 Å². The maximum atomic E-state index is 14.9. The lowest BCUT2D eigenvalue weighted by Gasteiger charge is -2.30. The van der Waals surface area contributed by atoms with Crippen molar-refractivity contribution in [2.75, 3.05) is 26.2 Å². The number of aliphatic hydroxyl groups excluding tert-OH is 1. The molecule has 1 aliphatic rings. The Morgan fingerprint density at radius 3 is 1.58 bits per heavy atom. The van der Waals surface area contributed by atoms with Crippen molar-refractivity contribution in [3.63, 3.8) is 0 Å². The number of aromatic hydroxyl groups is 1. The maximum absolute atomic E-state index is 14.9. The summed E-state index contributed by atoms with van der Waals surface area (Å²) in [5.74, 6) is -15.0. The Balaban J connectivity index is 1.37. The number of unbranched alkanes of at least 4 members (excludes halogenated alkanes) is 1. The number of phenols is 1. The number of hydrogen-bond acceptors (Lipinski definition) is 21. The van der Waals surface area contributed by atoms with Crippen LogP contribution in [0.15, 0.2) is 84.6 Å². The zero-order chi connectivity index (χ0) is 81.1. The third-order valence-corrected chi connectivity index (χ3v) is 18.1. The summed E-state index contributed by atoms with van der Waals surface area (Å²) in [6, 6.07) is -4.11. The number of rotatable bonds is 48. The molecule has 0 radical (unpaired) electrons. The molecule has 13 amide bonds. The van der Waals surface area contributed by atoms with Crippen LogP contribution in [0.2, 0.25) is 0 Å².